The first-order valence-corrected chi connectivity index (χ1v) is 9.75. The lowest BCUT2D eigenvalue weighted by Crippen LogP contribution is -2.49. The summed E-state index contributed by atoms with van der Waals surface area (Å²) in [6.07, 6.45) is 1.63. The fourth-order valence-electron chi connectivity index (χ4n) is 2.71. The third-order valence-electron chi connectivity index (χ3n) is 3.68. The standard InChI is InChI=1S/C14H20N2O5S2/c1-2-7-15(10-12(17)18)14(19)11-5-3-8-16(11)23(20,21)13-6-4-9-22-13/h4,6,9,11H,2-3,5,7-8,10H2,1H3,(H,17,18). The van der Waals surface area contributed by atoms with Gasteiger partial charge in [0, 0.05) is 13.1 Å². The van der Waals surface area contributed by atoms with Crippen LogP contribution in [0.4, 0.5) is 0 Å². The molecule has 0 aromatic carbocycles. The Morgan fingerprint density at radius 1 is 1.48 bits per heavy atom. The Hall–Kier alpha value is -1.45. The lowest BCUT2D eigenvalue weighted by molar-refractivity contribution is -0.145. The van der Waals surface area contributed by atoms with Crippen LogP contribution in [0.3, 0.4) is 0 Å². The first-order valence-electron chi connectivity index (χ1n) is 7.44. The van der Waals surface area contributed by atoms with Gasteiger partial charge in [-0.15, -0.1) is 11.3 Å². The van der Waals surface area contributed by atoms with Crippen LogP contribution in [0, 0.1) is 0 Å². The molecule has 0 aliphatic carbocycles. The average Bonchev–Trinajstić information content (AvgIpc) is 3.17. The number of carboxylic acids is 1. The molecule has 23 heavy (non-hydrogen) atoms. The minimum Gasteiger partial charge on any atom is -0.480 e. The predicted molar refractivity (Wildman–Crippen MR) is 85.7 cm³/mol. The van der Waals surface area contributed by atoms with Crippen molar-refractivity contribution in [2.45, 2.75) is 36.4 Å². The average molecular weight is 360 g/mol. The summed E-state index contributed by atoms with van der Waals surface area (Å²) >= 11 is 1.11. The van der Waals surface area contributed by atoms with E-state index in [4.69, 9.17) is 5.11 Å². The maximum Gasteiger partial charge on any atom is 0.323 e. The fourth-order valence-corrected chi connectivity index (χ4v) is 5.48. The van der Waals surface area contributed by atoms with Gasteiger partial charge in [-0.05, 0) is 30.7 Å². The van der Waals surface area contributed by atoms with E-state index in [9.17, 15) is 18.0 Å². The van der Waals surface area contributed by atoms with Crippen LogP contribution in [0.2, 0.25) is 0 Å². The van der Waals surface area contributed by atoms with Crippen molar-refractivity contribution < 1.29 is 23.1 Å². The molecule has 1 saturated heterocycles. The van der Waals surface area contributed by atoms with Crippen LogP contribution in [-0.2, 0) is 19.6 Å². The van der Waals surface area contributed by atoms with E-state index in [-0.39, 0.29) is 10.8 Å². The number of amides is 1. The van der Waals surface area contributed by atoms with E-state index in [1.54, 1.807) is 11.4 Å². The van der Waals surface area contributed by atoms with Gasteiger partial charge in [0.25, 0.3) is 10.0 Å². The summed E-state index contributed by atoms with van der Waals surface area (Å²) < 4.78 is 26.7. The second-order valence-corrected chi connectivity index (χ2v) is 8.42. The van der Waals surface area contributed by atoms with E-state index >= 15 is 0 Å². The highest BCUT2D eigenvalue weighted by Gasteiger charge is 2.41. The molecule has 1 fully saturated rings. The molecule has 1 amide bonds. The van der Waals surface area contributed by atoms with Gasteiger partial charge in [0.2, 0.25) is 5.91 Å². The molecule has 0 saturated carbocycles. The summed E-state index contributed by atoms with van der Waals surface area (Å²) in [6, 6.07) is 2.35. The number of carboxylic acid groups (broad SMARTS) is 1. The summed E-state index contributed by atoms with van der Waals surface area (Å²) in [5, 5.41) is 10.6. The van der Waals surface area contributed by atoms with Crippen LogP contribution in [0.5, 0.6) is 0 Å². The van der Waals surface area contributed by atoms with Crippen LogP contribution in [-0.4, -0.2) is 60.3 Å². The zero-order valence-electron chi connectivity index (χ0n) is 12.8. The van der Waals surface area contributed by atoms with Gasteiger partial charge in [0.15, 0.2) is 0 Å². The molecule has 1 N–H and O–H groups in total. The SMILES string of the molecule is CCCN(CC(=O)O)C(=O)C1CCCN1S(=O)(=O)c1cccs1. The highest BCUT2D eigenvalue weighted by molar-refractivity contribution is 7.91. The van der Waals surface area contributed by atoms with Crippen LogP contribution in [0.1, 0.15) is 26.2 Å². The normalized spacial score (nSPS) is 18.9. The molecule has 1 aliphatic rings. The Morgan fingerprint density at radius 3 is 2.78 bits per heavy atom. The van der Waals surface area contributed by atoms with Crippen molar-refractivity contribution in [1.29, 1.82) is 0 Å². The van der Waals surface area contributed by atoms with Crippen molar-refractivity contribution in [3.05, 3.63) is 17.5 Å². The smallest absolute Gasteiger partial charge is 0.323 e. The monoisotopic (exact) mass is 360 g/mol. The van der Waals surface area contributed by atoms with E-state index in [1.165, 1.54) is 15.3 Å². The van der Waals surface area contributed by atoms with Crippen LogP contribution >= 0.6 is 11.3 Å². The van der Waals surface area contributed by atoms with Gasteiger partial charge in [-0.3, -0.25) is 9.59 Å². The summed E-state index contributed by atoms with van der Waals surface area (Å²) in [6.45, 7) is 2.02. The van der Waals surface area contributed by atoms with Crippen molar-refractivity contribution in [2.75, 3.05) is 19.6 Å². The van der Waals surface area contributed by atoms with Gasteiger partial charge < -0.3 is 10.0 Å². The molecule has 2 rings (SSSR count). The van der Waals surface area contributed by atoms with Gasteiger partial charge >= 0.3 is 5.97 Å². The Balaban J connectivity index is 2.23. The lowest BCUT2D eigenvalue weighted by atomic mass is 10.2. The molecule has 7 nitrogen and oxygen atoms in total. The van der Waals surface area contributed by atoms with Crippen LogP contribution < -0.4 is 0 Å². The molecule has 1 aromatic rings. The minimum atomic E-state index is -3.71. The Kier molecular flexibility index (Phi) is 5.77. The number of carbonyl (C=O) groups is 2. The number of rotatable bonds is 7. The molecular weight excluding hydrogens is 340 g/mol. The predicted octanol–water partition coefficient (Wildman–Crippen LogP) is 1.22. The highest BCUT2D eigenvalue weighted by atomic mass is 32.2. The number of nitrogens with zero attached hydrogens (tertiary/aromatic N) is 2. The van der Waals surface area contributed by atoms with Crippen LogP contribution in [0.25, 0.3) is 0 Å². The van der Waals surface area contributed by atoms with E-state index in [0.29, 0.717) is 25.8 Å². The molecule has 1 aliphatic heterocycles. The molecule has 128 valence electrons. The van der Waals surface area contributed by atoms with E-state index in [0.717, 1.165) is 11.3 Å². The van der Waals surface area contributed by atoms with Crippen molar-refractivity contribution in [2.24, 2.45) is 0 Å². The molecule has 0 bridgehead atoms. The molecule has 1 aromatic heterocycles. The van der Waals surface area contributed by atoms with E-state index < -0.39 is 34.5 Å². The molecule has 9 heteroatoms. The van der Waals surface area contributed by atoms with Gasteiger partial charge in [0.05, 0.1) is 0 Å². The highest BCUT2D eigenvalue weighted by Crippen LogP contribution is 2.29. The van der Waals surface area contributed by atoms with Crippen molar-refractivity contribution in [1.82, 2.24) is 9.21 Å². The molecule has 1 unspecified atom stereocenters. The number of thiophene rings is 1. The Bertz CT molecular complexity index is 657. The first-order chi connectivity index (χ1) is 10.9. The maximum absolute atomic E-state index is 12.7. The van der Waals surface area contributed by atoms with Gasteiger partial charge in [-0.25, -0.2) is 8.42 Å². The first kappa shape index (κ1) is 17.9. The molecule has 0 radical (unpaired) electrons. The van der Waals surface area contributed by atoms with Crippen molar-refractivity contribution in [3.63, 3.8) is 0 Å². The second-order valence-electron chi connectivity index (χ2n) is 5.36. The van der Waals surface area contributed by atoms with Gasteiger partial charge in [-0.1, -0.05) is 13.0 Å². The summed E-state index contributed by atoms with van der Waals surface area (Å²) in [5.41, 5.74) is 0. The molecular formula is C14H20N2O5S2. The third-order valence-corrected chi connectivity index (χ3v) is 6.96. The molecule has 0 spiro atoms. The topological polar surface area (TPSA) is 95.0 Å². The largest absolute Gasteiger partial charge is 0.480 e. The van der Waals surface area contributed by atoms with Gasteiger partial charge in [-0.2, -0.15) is 4.31 Å². The van der Waals surface area contributed by atoms with Crippen LogP contribution in [0.15, 0.2) is 21.7 Å². The van der Waals surface area contributed by atoms with E-state index in [2.05, 4.69) is 0 Å². The summed E-state index contributed by atoms with van der Waals surface area (Å²) in [4.78, 5) is 24.8. The number of hydrogen-bond donors (Lipinski definition) is 1. The summed E-state index contributed by atoms with van der Waals surface area (Å²) in [5.74, 6) is -1.52. The summed E-state index contributed by atoms with van der Waals surface area (Å²) in [7, 11) is -3.71. The second kappa shape index (κ2) is 7.41. The Morgan fingerprint density at radius 2 is 2.22 bits per heavy atom. The van der Waals surface area contributed by atoms with Gasteiger partial charge in [0.1, 0.15) is 16.8 Å². The number of sulfonamides is 1. The maximum atomic E-state index is 12.7. The van der Waals surface area contributed by atoms with E-state index in [1.807, 2.05) is 6.92 Å². The van der Waals surface area contributed by atoms with Crippen molar-refractivity contribution >= 4 is 33.2 Å². The number of aliphatic carboxylic acids is 1. The zero-order chi connectivity index (χ0) is 17.0. The molecule has 2 heterocycles. The van der Waals surface area contributed by atoms with Crippen molar-refractivity contribution in [3.8, 4) is 0 Å². The quantitative estimate of drug-likeness (QED) is 0.789. The number of hydrogen-bond acceptors (Lipinski definition) is 5. The lowest BCUT2D eigenvalue weighted by Gasteiger charge is -2.28. The fraction of sp³-hybridized carbons (Fsp3) is 0.571. The molecule has 1 atom stereocenters. The minimum absolute atomic E-state index is 0.206. The number of carbonyl (C=O) groups excluding carboxylic acids is 1. The third kappa shape index (κ3) is 3.91. The zero-order valence-corrected chi connectivity index (χ0v) is 14.5. The Labute approximate surface area is 139 Å².